The smallest absolute Gasteiger partial charge is 0.335 e. The van der Waals surface area contributed by atoms with Crippen LogP contribution in [0.1, 0.15) is 39.6 Å². The van der Waals surface area contributed by atoms with E-state index in [1.54, 1.807) is 18.2 Å². The van der Waals surface area contributed by atoms with Crippen LogP contribution in [-0.4, -0.2) is 42.9 Å². The van der Waals surface area contributed by atoms with Gasteiger partial charge in [-0.25, -0.2) is 4.79 Å². The Hall–Kier alpha value is -3.06. The molecule has 0 unspecified atom stereocenters. The lowest BCUT2D eigenvalue weighted by atomic mass is 9.88. The van der Waals surface area contributed by atoms with Crippen LogP contribution in [0.25, 0.3) is 0 Å². The van der Waals surface area contributed by atoms with Gasteiger partial charge in [0, 0.05) is 43.5 Å². The van der Waals surface area contributed by atoms with E-state index in [0.29, 0.717) is 23.1 Å². The molecule has 4 rings (SSSR count). The number of rotatable bonds is 8. The van der Waals surface area contributed by atoms with Crippen molar-refractivity contribution in [2.45, 2.75) is 31.4 Å². The number of fused-ring (bicyclic) bond motifs is 1. The lowest BCUT2D eigenvalue weighted by Gasteiger charge is -2.27. The molecule has 3 aromatic rings. The van der Waals surface area contributed by atoms with Crippen LogP contribution in [0.3, 0.4) is 0 Å². The number of nitrogens with one attached hydrogen (secondary N) is 1. The van der Waals surface area contributed by atoms with Gasteiger partial charge < -0.3 is 25.2 Å². The zero-order chi connectivity index (χ0) is 24.2. The largest absolute Gasteiger partial charge is 0.478 e. The Kier molecular flexibility index (Phi) is 7.41. The number of aryl methyl sites for hydroxylation is 1. The van der Waals surface area contributed by atoms with Crippen molar-refractivity contribution < 1.29 is 19.7 Å². The predicted octanol–water partition coefficient (Wildman–Crippen LogP) is 5.08. The molecule has 34 heavy (non-hydrogen) atoms. The number of halogens is 1. The molecule has 1 aliphatic rings. The zero-order valence-corrected chi connectivity index (χ0v) is 20.0. The summed E-state index contributed by atoms with van der Waals surface area (Å²) in [5, 5.41) is 24.1. The van der Waals surface area contributed by atoms with Crippen molar-refractivity contribution in [3.8, 4) is 11.5 Å². The van der Waals surface area contributed by atoms with Crippen molar-refractivity contribution in [1.82, 2.24) is 5.32 Å². The van der Waals surface area contributed by atoms with Crippen molar-refractivity contribution in [3.05, 3.63) is 87.9 Å². The number of ether oxygens (including phenoxy) is 1. The van der Waals surface area contributed by atoms with Gasteiger partial charge in [-0.15, -0.1) is 0 Å². The van der Waals surface area contributed by atoms with Crippen LogP contribution in [0.2, 0.25) is 5.02 Å². The molecule has 0 bridgehead atoms. The first-order valence-electron chi connectivity index (χ1n) is 11.3. The topological polar surface area (TPSA) is 82.0 Å². The van der Waals surface area contributed by atoms with Gasteiger partial charge in [0.1, 0.15) is 11.5 Å². The standard InChI is InChI=1S/C27H29ClN2O4/c1-30(2)23-12-20(27(32)33)14-25(15-23)34-24-9-7-17-6-8-22(11-19(17)13-24)29-16-26(31)18-4-3-5-21(28)10-18/h3-5,7,9-10,12-15,22,26,29,31H,6,8,11,16H2,1-2H3,(H,32,33)/t22-,26+/m0/s1. The van der Waals surface area contributed by atoms with E-state index in [4.69, 9.17) is 16.3 Å². The van der Waals surface area contributed by atoms with E-state index >= 15 is 0 Å². The highest BCUT2D eigenvalue weighted by atomic mass is 35.5. The summed E-state index contributed by atoms with van der Waals surface area (Å²) in [4.78, 5) is 13.4. The van der Waals surface area contributed by atoms with Gasteiger partial charge in [0.15, 0.2) is 0 Å². The number of hydrogen-bond acceptors (Lipinski definition) is 5. The molecule has 0 spiro atoms. The van der Waals surface area contributed by atoms with Crippen molar-refractivity contribution in [2.24, 2.45) is 0 Å². The number of anilines is 1. The van der Waals surface area contributed by atoms with E-state index in [1.807, 2.05) is 49.3 Å². The lowest BCUT2D eigenvalue weighted by molar-refractivity contribution is 0.0696. The van der Waals surface area contributed by atoms with Gasteiger partial charge in [-0.1, -0.05) is 29.8 Å². The molecule has 0 saturated heterocycles. The van der Waals surface area contributed by atoms with E-state index in [9.17, 15) is 15.0 Å². The molecule has 1 aliphatic carbocycles. The Bertz CT molecular complexity index is 1180. The average Bonchev–Trinajstić information content (AvgIpc) is 2.82. The second kappa shape index (κ2) is 10.5. The number of aliphatic hydroxyl groups is 1. The molecule has 0 radical (unpaired) electrons. The lowest BCUT2D eigenvalue weighted by Crippen LogP contribution is -2.37. The molecule has 3 N–H and O–H groups in total. The van der Waals surface area contributed by atoms with Crippen molar-refractivity contribution in [1.29, 1.82) is 0 Å². The third kappa shape index (κ3) is 5.89. The molecule has 0 aliphatic heterocycles. The maximum Gasteiger partial charge on any atom is 0.335 e. The molecule has 178 valence electrons. The van der Waals surface area contributed by atoms with Crippen LogP contribution in [0.5, 0.6) is 11.5 Å². The number of carbonyl (C=O) groups is 1. The van der Waals surface area contributed by atoms with Crippen molar-refractivity contribution in [2.75, 3.05) is 25.5 Å². The molecule has 0 fully saturated rings. The third-order valence-corrected chi connectivity index (χ3v) is 6.36. The third-order valence-electron chi connectivity index (χ3n) is 6.13. The average molecular weight is 481 g/mol. The number of nitrogens with zero attached hydrogens (tertiary/aromatic N) is 1. The molecule has 6 nitrogen and oxygen atoms in total. The van der Waals surface area contributed by atoms with Crippen LogP contribution in [-0.2, 0) is 12.8 Å². The van der Waals surface area contributed by atoms with Crippen LogP contribution >= 0.6 is 11.6 Å². The summed E-state index contributed by atoms with van der Waals surface area (Å²) in [5.41, 5.74) is 4.22. The molecule has 0 heterocycles. The minimum absolute atomic E-state index is 0.182. The number of carboxylic acids is 1. The Balaban J connectivity index is 1.44. The minimum atomic E-state index is -0.993. The van der Waals surface area contributed by atoms with Gasteiger partial charge in [-0.3, -0.25) is 0 Å². The summed E-state index contributed by atoms with van der Waals surface area (Å²) in [6.45, 7) is 0.450. The highest BCUT2D eigenvalue weighted by Crippen LogP contribution is 2.31. The summed E-state index contributed by atoms with van der Waals surface area (Å²) >= 11 is 6.04. The Morgan fingerprint density at radius 2 is 1.94 bits per heavy atom. The number of benzene rings is 3. The second-order valence-corrected chi connectivity index (χ2v) is 9.30. The first-order valence-corrected chi connectivity index (χ1v) is 11.7. The normalized spacial score (nSPS) is 15.9. The van der Waals surface area contributed by atoms with Crippen molar-refractivity contribution in [3.63, 3.8) is 0 Å². The SMILES string of the molecule is CN(C)c1cc(Oc2ccc3c(c2)C[C@@H](NC[C@@H](O)c2cccc(Cl)c2)CC3)cc(C(=O)O)c1. The molecular formula is C27H29ClN2O4. The van der Waals surface area contributed by atoms with Gasteiger partial charge in [0.2, 0.25) is 0 Å². The number of carboxylic acid groups (broad SMARTS) is 1. The molecule has 0 amide bonds. The molecule has 0 saturated carbocycles. The van der Waals surface area contributed by atoms with E-state index in [2.05, 4.69) is 11.4 Å². The maximum atomic E-state index is 11.5. The highest BCUT2D eigenvalue weighted by molar-refractivity contribution is 6.30. The highest BCUT2D eigenvalue weighted by Gasteiger charge is 2.20. The maximum absolute atomic E-state index is 11.5. The Morgan fingerprint density at radius 3 is 2.68 bits per heavy atom. The Morgan fingerprint density at radius 1 is 1.12 bits per heavy atom. The minimum Gasteiger partial charge on any atom is -0.478 e. The van der Waals surface area contributed by atoms with Crippen molar-refractivity contribution >= 4 is 23.3 Å². The van der Waals surface area contributed by atoms with Gasteiger partial charge in [0.25, 0.3) is 0 Å². The van der Waals surface area contributed by atoms with E-state index in [1.165, 1.54) is 17.2 Å². The van der Waals surface area contributed by atoms with Gasteiger partial charge in [-0.2, -0.15) is 0 Å². The first-order chi connectivity index (χ1) is 16.3. The second-order valence-electron chi connectivity index (χ2n) is 8.87. The fourth-order valence-electron chi connectivity index (χ4n) is 4.24. The molecule has 0 aromatic heterocycles. The van der Waals surface area contributed by atoms with Crippen LogP contribution in [0.15, 0.2) is 60.7 Å². The fourth-order valence-corrected chi connectivity index (χ4v) is 4.44. The zero-order valence-electron chi connectivity index (χ0n) is 19.3. The number of aliphatic hydroxyl groups excluding tert-OH is 1. The molecular weight excluding hydrogens is 452 g/mol. The summed E-state index contributed by atoms with van der Waals surface area (Å²) in [6, 6.07) is 18.6. The fraction of sp³-hybridized carbons (Fsp3) is 0.296. The number of aromatic carboxylic acids is 1. The summed E-state index contributed by atoms with van der Waals surface area (Å²) in [7, 11) is 3.72. The van der Waals surface area contributed by atoms with Gasteiger partial charge >= 0.3 is 5.97 Å². The van der Waals surface area contributed by atoms with E-state index in [0.717, 1.165) is 30.5 Å². The van der Waals surface area contributed by atoms with Gasteiger partial charge in [0.05, 0.1) is 11.7 Å². The monoisotopic (exact) mass is 480 g/mol. The molecule has 7 heteroatoms. The molecule has 2 atom stereocenters. The van der Waals surface area contributed by atoms with Crippen LogP contribution in [0.4, 0.5) is 5.69 Å². The van der Waals surface area contributed by atoms with Crippen LogP contribution in [0, 0.1) is 0 Å². The predicted molar refractivity (Wildman–Crippen MR) is 134 cm³/mol. The first kappa shape index (κ1) is 24.1. The van der Waals surface area contributed by atoms with E-state index in [-0.39, 0.29) is 11.6 Å². The summed E-state index contributed by atoms with van der Waals surface area (Å²) in [5.74, 6) is 0.164. The van der Waals surface area contributed by atoms with E-state index < -0.39 is 12.1 Å². The van der Waals surface area contributed by atoms with Crippen LogP contribution < -0.4 is 15.0 Å². The summed E-state index contributed by atoms with van der Waals surface area (Å²) < 4.78 is 6.07. The summed E-state index contributed by atoms with van der Waals surface area (Å²) in [6.07, 6.45) is 2.14. The Labute approximate surface area is 204 Å². The van der Waals surface area contributed by atoms with Gasteiger partial charge in [-0.05, 0) is 72.4 Å². The number of hydrogen-bond donors (Lipinski definition) is 3. The quantitative estimate of drug-likeness (QED) is 0.417. The molecule has 3 aromatic carbocycles.